The summed E-state index contributed by atoms with van der Waals surface area (Å²) in [4.78, 5) is 34.7. The number of morpholine rings is 1. The molecule has 1 fully saturated rings. The summed E-state index contributed by atoms with van der Waals surface area (Å²) < 4.78 is 9.23. The van der Waals surface area contributed by atoms with E-state index in [0.717, 1.165) is 4.90 Å². The number of carbonyl (C=O) groups excluding carboxylic acids is 3. The number of hydrogen-bond acceptors (Lipinski definition) is 5. The zero-order valence-corrected chi connectivity index (χ0v) is 9.19. The van der Waals surface area contributed by atoms with Crippen molar-refractivity contribution < 1.29 is 23.9 Å². The largest absolute Gasteiger partial charge is 0.466 e. The molecule has 1 aliphatic rings. The monoisotopic (exact) mass is 227 g/mol. The van der Waals surface area contributed by atoms with Crippen LogP contribution in [0.25, 0.3) is 0 Å². The molecule has 0 aromatic heterocycles. The summed E-state index contributed by atoms with van der Waals surface area (Å²) in [6.45, 7) is 1.43. The third-order valence-corrected chi connectivity index (χ3v) is 2.14. The van der Waals surface area contributed by atoms with Gasteiger partial charge in [0.25, 0.3) is 11.8 Å². The standard InChI is InChI=1S/C10H13NO5/c1-7(10(14)15-2)3-4-11-8(12)5-16-6-9(11)13/h3H,4-6H2,1-2H3. The molecule has 16 heavy (non-hydrogen) atoms. The Balaban J connectivity index is 2.62. The summed E-state index contributed by atoms with van der Waals surface area (Å²) in [7, 11) is 1.27. The number of carbonyl (C=O) groups is 3. The van der Waals surface area contributed by atoms with Crippen molar-refractivity contribution >= 4 is 17.8 Å². The van der Waals surface area contributed by atoms with Crippen LogP contribution in [0.3, 0.4) is 0 Å². The normalized spacial score (nSPS) is 17.6. The molecule has 1 aliphatic heterocycles. The van der Waals surface area contributed by atoms with Crippen LogP contribution in [0.4, 0.5) is 0 Å². The summed E-state index contributed by atoms with van der Waals surface area (Å²) in [6, 6.07) is 0. The highest BCUT2D eigenvalue weighted by Gasteiger charge is 2.25. The van der Waals surface area contributed by atoms with Crippen LogP contribution in [-0.4, -0.2) is 49.6 Å². The lowest BCUT2D eigenvalue weighted by atomic mass is 10.2. The van der Waals surface area contributed by atoms with Gasteiger partial charge < -0.3 is 9.47 Å². The number of nitrogens with zero attached hydrogens (tertiary/aromatic N) is 1. The maximum Gasteiger partial charge on any atom is 0.333 e. The number of imide groups is 1. The second-order valence-electron chi connectivity index (χ2n) is 3.27. The van der Waals surface area contributed by atoms with Gasteiger partial charge >= 0.3 is 5.97 Å². The molecule has 0 aromatic rings. The van der Waals surface area contributed by atoms with E-state index in [9.17, 15) is 14.4 Å². The Morgan fingerprint density at radius 3 is 2.50 bits per heavy atom. The molecule has 0 aromatic carbocycles. The molecule has 1 rings (SSSR count). The number of esters is 1. The van der Waals surface area contributed by atoms with Crippen molar-refractivity contribution in [1.29, 1.82) is 0 Å². The third kappa shape index (κ3) is 2.90. The summed E-state index contributed by atoms with van der Waals surface area (Å²) in [6.07, 6.45) is 1.48. The summed E-state index contributed by atoms with van der Waals surface area (Å²) >= 11 is 0. The molecule has 1 saturated heterocycles. The van der Waals surface area contributed by atoms with Crippen molar-refractivity contribution in [2.45, 2.75) is 6.92 Å². The van der Waals surface area contributed by atoms with Gasteiger partial charge in [0.2, 0.25) is 0 Å². The van der Waals surface area contributed by atoms with E-state index in [1.807, 2.05) is 0 Å². The predicted octanol–water partition coefficient (Wildman–Crippen LogP) is -0.509. The Bertz CT molecular complexity index is 331. The summed E-state index contributed by atoms with van der Waals surface area (Å²) in [5, 5.41) is 0. The van der Waals surface area contributed by atoms with Gasteiger partial charge in [-0.15, -0.1) is 0 Å². The molecule has 0 unspecified atom stereocenters. The molecule has 1 heterocycles. The maximum atomic E-state index is 11.3. The number of ether oxygens (including phenoxy) is 2. The van der Waals surface area contributed by atoms with Crippen LogP contribution in [0, 0.1) is 0 Å². The molecule has 6 nitrogen and oxygen atoms in total. The second kappa shape index (κ2) is 5.41. The van der Waals surface area contributed by atoms with Gasteiger partial charge in [0.05, 0.1) is 7.11 Å². The quantitative estimate of drug-likeness (QED) is 0.369. The van der Waals surface area contributed by atoms with Crippen molar-refractivity contribution in [2.75, 3.05) is 26.9 Å². The van der Waals surface area contributed by atoms with Crippen LogP contribution >= 0.6 is 0 Å². The number of hydrogen-bond donors (Lipinski definition) is 0. The van der Waals surface area contributed by atoms with E-state index in [1.54, 1.807) is 6.92 Å². The molecule has 0 atom stereocenters. The van der Waals surface area contributed by atoms with Crippen molar-refractivity contribution in [3.63, 3.8) is 0 Å². The van der Waals surface area contributed by atoms with Crippen LogP contribution in [0.2, 0.25) is 0 Å². The van der Waals surface area contributed by atoms with E-state index in [1.165, 1.54) is 13.2 Å². The number of rotatable bonds is 3. The summed E-state index contributed by atoms with van der Waals surface area (Å²) in [5.74, 6) is -1.27. The van der Waals surface area contributed by atoms with Crippen molar-refractivity contribution in [3.05, 3.63) is 11.6 Å². The van der Waals surface area contributed by atoms with Gasteiger partial charge in [-0.05, 0) is 6.92 Å². The highest BCUT2D eigenvalue weighted by atomic mass is 16.5. The predicted molar refractivity (Wildman–Crippen MR) is 53.3 cm³/mol. The lowest BCUT2D eigenvalue weighted by Gasteiger charge is -2.23. The minimum absolute atomic E-state index is 0.0714. The molecule has 2 amide bonds. The van der Waals surface area contributed by atoms with Crippen LogP contribution in [0.5, 0.6) is 0 Å². The van der Waals surface area contributed by atoms with Crippen molar-refractivity contribution in [3.8, 4) is 0 Å². The lowest BCUT2D eigenvalue weighted by molar-refractivity contribution is -0.157. The smallest absolute Gasteiger partial charge is 0.333 e. The average Bonchev–Trinajstić information content (AvgIpc) is 2.27. The van der Waals surface area contributed by atoms with Crippen molar-refractivity contribution in [2.24, 2.45) is 0 Å². The van der Waals surface area contributed by atoms with E-state index in [0.29, 0.717) is 5.57 Å². The molecule has 0 bridgehead atoms. The first-order valence-corrected chi connectivity index (χ1v) is 4.72. The van der Waals surface area contributed by atoms with Crippen LogP contribution in [0.15, 0.2) is 11.6 Å². The topological polar surface area (TPSA) is 72.9 Å². The zero-order valence-electron chi connectivity index (χ0n) is 9.19. The van der Waals surface area contributed by atoms with Gasteiger partial charge in [-0.2, -0.15) is 0 Å². The number of amides is 2. The molecule has 88 valence electrons. The fourth-order valence-corrected chi connectivity index (χ4v) is 1.20. The van der Waals surface area contributed by atoms with Gasteiger partial charge in [-0.1, -0.05) is 6.08 Å². The molecule has 0 radical (unpaired) electrons. The Hall–Kier alpha value is -1.69. The Morgan fingerprint density at radius 2 is 2.00 bits per heavy atom. The lowest BCUT2D eigenvalue weighted by Crippen LogP contribution is -2.46. The van der Waals surface area contributed by atoms with Gasteiger partial charge in [-0.25, -0.2) is 4.79 Å². The highest BCUT2D eigenvalue weighted by molar-refractivity contribution is 5.98. The molecule has 0 saturated carbocycles. The average molecular weight is 227 g/mol. The van der Waals surface area contributed by atoms with Gasteiger partial charge in [0, 0.05) is 12.1 Å². The number of methoxy groups -OCH3 is 1. The van der Waals surface area contributed by atoms with Gasteiger partial charge in [-0.3, -0.25) is 14.5 Å². The third-order valence-electron chi connectivity index (χ3n) is 2.14. The van der Waals surface area contributed by atoms with Gasteiger partial charge in [0.1, 0.15) is 13.2 Å². The highest BCUT2D eigenvalue weighted by Crippen LogP contribution is 2.03. The van der Waals surface area contributed by atoms with Crippen LogP contribution in [0.1, 0.15) is 6.92 Å². The van der Waals surface area contributed by atoms with E-state index >= 15 is 0 Å². The first-order valence-electron chi connectivity index (χ1n) is 4.72. The van der Waals surface area contributed by atoms with E-state index < -0.39 is 17.8 Å². The maximum absolute atomic E-state index is 11.3. The van der Waals surface area contributed by atoms with E-state index in [4.69, 9.17) is 4.74 Å². The zero-order chi connectivity index (χ0) is 12.1. The molecule has 6 heteroatoms. The summed E-state index contributed by atoms with van der Waals surface area (Å²) in [5.41, 5.74) is 0.356. The van der Waals surface area contributed by atoms with Crippen LogP contribution in [-0.2, 0) is 23.9 Å². The Morgan fingerprint density at radius 1 is 1.44 bits per heavy atom. The Labute approximate surface area is 92.8 Å². The SMILES string of the molecule is COC(=O)C(C)=CCN1C(=O)COCC1=O. The minimum Gasteiger partial charge on any atom is -0.466 e. The first kappa shape index (κ1) is 12.4. The van der Waals surface area contributed by atoms with Crippen LogP contribution < -0.4 is 0 Å². The minimum atomic E-state index is -0.479. The fourth-order valence-electron chi connectivity index (χ4n) is 1.20. The first-order chi connectivity index (χ1) is 7.56. The Kier molecular flexibility index (Phi) is 4.19. The van der Waals surface area contributed by atoms with Crippen molar-refractivity contribution in [1.82, 2.24) is 4.90 Å². The van der Waals surface area contributed by atoms with Gasteiger partial charge in [0.15, 0.2) is 0 Å². The molecule has 0 N–H and O–H groups in total. The van der Waals surface area contributed by atoms with E-state index in [2.05, 4.69) is 4.74 Å². The van der Waals surface area contributed by atoms with E-state index in [-0.39, 0.29) is 19.8 Å². The molecular formula is C10H13NO5. The second-order valence-corrected chi connectivity index (χ2v) is 3.27. The molecular weight excluding hydrogens is 214 g/mol. The molecule has 0 aliphatic carbocycles. The fraction of sp³-hybridized carbons (Fsp3) is 0.500. The molecule has 0 spiro atoms.